The average Bonchev–Trinajstić information content (AvgIpc) is 2.46. The lowest BCUT2D eigenvalue weighted by Crippen LogP contribution is -1.98. The van der Waals surface area contributed by atoms with E-state index in [0.29, 0.717) is 0 Å². The summed E-state index contributed by atoms with van der Waals surface area (Å²) in [6, 6.07) is 5.81. The smallest absolute Gasteiger partial charge is 0.138 e. The summed E-state index contributed by atoms with van der Waals surface area (Å²) in [4.78, 5) is 0. The largest absolute Gasteiger partial charge is 0.374 e. The normalized spacial score (nSPS) is 10.8. The first-order chi connectivity index (χ1) is 5.81. The highest BCUT2D eigenvalue weighted by molar-refractivity contribution is 5.74. The van der Waals surface area contributed by atoms with Crippen LogP contribution in [0, 0.1) is 6.92 Å². The minimum atomic E-state index is -0.125. The van der Waals surface area contributed by atoms with E-state index in [4.69, 9.17) is 5.11 Å². The number of aliphatic hydroxyl groups excluding tert-OH is 1. The van der Waals surface area contributed by atoms with E-state index in [2.05, 4.69) is 10.3 Å². The molecule has 0 aliphatic rings. The molecule has 0 aliphatic heterocycles. The maximum atomic E-state index is 8.88. The van der Waals surface area contributed by atoms with Gasteiger partial charge in [-0.05, 0) is 24.6 Å². The van der Waals surface area contributed by atoms with Crippen LogP contribution in [0.1, 0.15) is 5.56 Å². The Balaban J connectivity index is 2.75. The van der Waals surface area contributed by atoms with Gasteiger partial charge in [0.25, 0.3) is 0 Å². The summed E-state index contributed by atoms with van der Waals surface area (Å²) in [6.45, 7) is 1.87. The fraction of sp³-hybridized carbons (Fsp3) is 0.250. The molecule has 0 spiro atoms. The average molecular weight is 163 g/mol. The molecule has 4 nitrogen and oxygen atoms in total. The van der Waals surface area contributed by atoms with Gasteiger partial charge in [-0.15, -0.1) is 5.10 Å². The van der Waals surface area contributed by atoms with Crippen LogP contribution in [0.25, 0.3) is 11.0 Å². The first kappa shape index (κ1) is 7.24. The summed E-state index contributed by atoms with van der Waals surface area (Å²) in [6.07, 6.45) is 0. The van der Waals surface area contributed by atoms with Crippen molar-refractivity contribution in [2.24, 2.45) is 0 Å². The lowest BCUT2D eigenvalue weighted by atomic mass is 10.2. The van der Waals surface area contributed by atoms with Gasteiger partial charge in [0.2, 0.25) is 0 Å². The monoisotopic (exact) mass is 163 g/mol. The Morgan fingerprint density at radius 1 is 1.50 bits per heavy atom. The topological polar surface area (TPSA) is 50.9 Å². The predicted octanol–water partition coefficient (Wildman–Crippen LogP) is 0.690. The van der Waals surface area contributed by atoms with E-state index in [9.17, 15) is 0 Å². The van der Waals surface area contributed by atoms with Crippen LogP contribution in [0.4, 0.5) is 0 Å². The Hall–Kier alpha value is -1.42. The zero-order chi connectivity index (χ0) is 8.55. The number of benzene rings is 1. The number of aromatic nitrogens is 3. The second-order valence-electron chi connectivity index (χ2n) is 2.72. The van der Waals surface area contributed by atoms with Crippen molar-refractivity contribution >= 4 is 11.0 Å². The second kappa shape index (κ2) is 2.57. The van der Waals surface area contributed by atoms with Crippen molar-refractivity contribution in [3.63, 3.8) is 0 Å². The second-order valence-corrected chi connectivity index (χ2v) is 2.72. The highest BCUT2D eigenvalue weighted by Gasteiger charge is 2.01. The third-order valence-electron chi connectivity index (χ3n) is 1.80. The van der Waals surface area contributed by atoms with Gasteiger partial charge in [0.1, 0.15) is 12.2 Å². The van der Waals surface area contributed by atoms with E-state index in [1.807, 2.05) is 25.1 Å². The first-order valence-corrected chi connectivity index (χ1v) is 3.72. The third-order valence-corrected chi connectivity index (χ3v) is 1.80. The maximum absolute atomic E-state index is 8.88. The minimum Gasteiger partial charge on any atom is -0.374 e. The van der Waals surface area contributed by atoms with E-state index in [1.54, 1.807) is 0 Å². The van der Waals surface area contributed by atoms with Crippen molar-refractivity contribution in [2.75, 3.05) is 0 Å². The number of aliphatic hydroxyl groups is 1. The van der Waals surface area contributed by atoms with Gasteiger partial charge in [-0.2, -0.15) is 0 Å². The lowest BCUT2D eigenvalue weighted by molar-refractivity contribution is 0.197. The summed E-state index contributed by atoms with van der Waals surface area (Å²) < 4.78 is 1.46. The molecule has 12 heavy (non-hydrogen) atoms. The highest BCUT2D eigenvalue weighted by atomic mass is 16.3. The summed E-state index contributed by atoms with van der Waals surface area (Å²) in [5.74, 6) is 0. The molecule has 2 aromatic rings. The van der Waals surface area contributed by atoms with Crippen molar-refractivity contribution in [1.82, 2.24) is 15.0 Å². The highest BCUT2D eigenvalue weighted by Crippen LogP contribution is 2.11. The number of nitrogens with zero attached hydrogens (tertiary/aromatic N) is 3. The standard InChI is InChI=1S/C8H9N3O/c1-6-2-3-7-8(4-6)11(5-12)10-9-7/h2-4,12H,5H2,1H3. The Morgan fingerprint density at radius 3 is 3.08 bits per heavy atom. The predicted molar refractivity (Wildman–Crippen MR) is 44.5 cm³/mol. The van der Waals surface area contributed by atoms with E-state index in [1.165, 1.54) is 4.68 Å². The van der Waals surface area contributed by atoms with Crippen molar-refractivity contribution in [3.8, 4) is 0 Å². The summed E-state index contributed by atoms with van der Waals surface area (Å²) >= 11 is 0. The fourth-order valence-electron chi connectivity index (χ4n) is 1.18. The quantitative estimate of drug-likeness (QED) is 0.672. The molecule has 0 aliphatic carbocycles. The first-order valence-electron chi connectivity index (χ1n) is 3.72. The van der Waals surface area contributed by atoms with Gasteiger partial charge < -0.3 is 5.11 Å². The Kier molecular flexibility index (Phi) is 1.55. The van der Waals surface area contributed by atoms with Crippen LogP contribution in [0.3, 0.4) is 0 Å². The molecular formula is C8H9N3O. The maximum Gasteiger partial charge on any atom is 0.138 e. The molecule has 0 fully saturated rings. The molecule has 0 bridgehead atoms. The lowest BCUT2D eigenvalue weighted by Gasteiger charge is -1.95. The van der Waals surface area contributed by atoms with Crippen LogP contribution in [0.15, 0.2) is 18.2 Å². The summed E-state index contributed by atoms with van der Waals surface area (Å²) in [5, 5.41) is 16.5. The van der Waals surface area contributed by atoms with E-state index >= 15 is 0 Å². The molecule has 0 atom stereocenters. The van der Waals surface area contributed by atoms with Crippen LogP contribution in [0.2, 0.25) is 0 Å². The van der Waals surface area contributed by atoms with Gasteiger partial charge in [0.05, 0.1) is 5.52 Å². The van der Waals surface area contributed by atoms with Crippen LogP contribution in [-0.4, -0.2) is 20.1 Å². The van der Waals surface area contributed by atoms with E-state index < -0.39 is 0 Å². The number of hydrogen-bond acceptors (Lipinski definition) is 3. The zero-order valence-electron chi connectivity index (χ0n) is 6.73. The molecular weight excluding hydrogens is 154 g/mol. The van der Waals surface area contributed by atoms with Crippen molar-refractivity contribution in [2.45, 2.75) is 13.7 Å². The zero-order valence-corrected chi connectivity index (χ0v) is 6.73. The number of hydrogen-bond donors (Lipinski definition) is 1. The molecule has 1 heterocycles. The molecule has 2 rings (SSSR count). The van der Waals surface area contributed by atoms with Crippen LogP contribution in [-0.2, 0) is 6.73 Å². The van der Waals surface area contributed by atoms with Gasteiger partial charge in [-0.3, -0.25) is 0 Å². The molecule has 0 unspecified atom stereocenters. The Morgan fingerprint density at radius 2 is 2.33 bits per heavy atom. The molecule has 0 radical (unpaired) electrons. The van der Waals surface area contributed by atoms with Crippen LogP contribution >= 0.6 is 0 Å². The van der Waals surface area contributed by atoms with Crippen molar-refractivity contribution in [3.05, 3.63) is 23.8 Å². The summed E-state index contributed by atoms with van der Waals surface area (Å²) in [5.41, 5.74) is 2.83. The number of rotatable bonds is 1. The molecule has 1 N–H and O–H groups in total. The van der Waals surface area contributed by atoms with Crippen LogP contribution < -0.4 is 0 Å². The SMILES string of the molecule is Cc1ccc2nnn(CO)c2c1. The number of aryl methyl sites for hydroxylation is 1. The van der Waals surface area contributed by atoms with Gasteiger partial charge in [-0.1, -0.05) is 11.3 Å². The Labute approximate surface area is 69.4 Å². The molecule has 4 heteroatoms. The molecule has 62 valence electrons. The minimum absolute atomic E-state index is 0.125. The van der Waals surface area contributed by atoms with Crippen molar-refractivity contribution < 1.29 is 5.11 Å². The van der Waals surface area contributed by atoms with E-state index in [-0.39, 0.29) is 6.73 Å². The van der Waals surface area contributed by atoms with Gasteiger partial charge in [0.15, 0.2) is 0 Å². The van der Waals surface area contributed by atoms with Crippen molar-refractivity contribution in [1.29, 1.82) is 0 Å². The molecule has 0 saturated heterocycles. The fourth-order valence-corrected chi connectivity index (χ4v) is 1.18. The molecule has 0 saturated carbocycles. The molecule has 1 aromatic heterocycles. The van der Waals surface area contributed by atoms with Gasteiger partial charge in [0, 0.05) is 0 Å². The molecule has 1 aromatic carbocycles. The van der Waals surface area contributed by atoms with Gasteiger partial charge >= 0.3 is 0 Å². The van der Waals surface area contributed by atoms with E-state index in [0.717, 1.165) is 16.6 Å². The van der Waals surface area contributed by atoms with Gasteiger partial charge in [-0.25, -0.2) is 4.68 Å². The molecule has 0 amide bonds. The van der Waals surface area contributed by atoms with Crippen LogP contribution in [0.5, 0.6) is 0 Å². The summed E-state index contributed by atoms with van der Waals surface area (Å²) in [7, 11) is 0. The third kappa shape index (κ3) is 0.967. The Bertz CT molecular complexity index is 408. The number of fused-ring (bicyclic) bond motifs is 1.